The molecule has 0 bridgehead atoms. The molecule has 0 unspecified atom stereocenters. The van der Waals surface area contributed by atoms with Gasteiger partial charge in [0.25, 0.3) is 0 Å². The van der Waals surface area contributed by atoms with E-state index >= 15 is 0 Å². The average Bonchev–Trinajstić information content (AvgIpc) is 1.86. The Morgan fingerprint density at radius 3 is 2.64 bits per heavy atom. The van der Waals surface area contributed by atoms with Crippen molar-refractivity contribution in [3.63, 3.8) is 0 Å². The van der Waals surface area contributed by atoms with Crippen LogP contribution in [0.4, 0.5) is 0 Å². The van der Waals surface area contributed by atoms with Crippen molar-refractivity contribution in [3.8, 4) is 11.8 Å². The second-order valence-electron chi connectivity index (χ2n) is 2.97. The maximum absolute atomic E-state index is 3.86. The summed E-state index contributed by atoms with van der Waals surface area (Å²) in [6, 6.07) is 0. The van der Waals surface area contributed by atoms with Gasteiger partial charge in [0.15, 0.2) is 0 Å². The van der Waals surface area contributed by atoms with Crippen molar-refractivity contribution < 1.29 is 0 Å². The SMILES string of the molecule is C=C(C#CC=CC)CC(C)C. The van der Waals surface area contributed by atoms with Crippen LogP contribution < -0.4 is 0 Å². The van der Waals surface area contributed by atoms with Crippen LogP contribution >= 0.6 is 0 Å². The minimum absolute atomic E-state index is 0.655. The second-order valence-corrected chi connectivity index (χ2v) is 2.97. The molecule has 0 aromatic carbocycles. The van der Waals surface area contributed by atoms with Crippen LogP contribution in [0.1, 0.15) is 27.2 Å². The lowest BCUT2D eigenvalue weighted by molar-refractivity contribution is 0.653. The van der Waals surface area contributed by atoms with Crippen LogP contribution in [0.15, 0.2) is 24.3 Å². The zero-order valence-corrected chi connectivity index (χ0v) is 7.65. The first-order valence-electron chi connectivity index (χ1n) is 3.97. The first-order valence-corrected chi connectivity index (χ1v) is 3.97. The van der Waals surface area contributed by atoms with Crippen molar-refractivity contribution in [3.05, 3.63) is 24.3 Å². The second kappa shape index (κ2) is 5.80. The number of rotatable bonds is 2. The summed E-state index contributed by atoms with van der Waals surface area (Å²) in [5, 5.41) is 0. The van der Waals surface area contributed by atoms with Gasteiger partial charge < -0.3 is 0 Å². The fourth-order valence-electron chi connectivity index (χ4n) is 0.771. The van der Waals surface area contributed by atoms with Gasteiger partial charge >= 0.3 is 0 Å². The molecule has 0 atom stereocenters. The monoisotopic (exact) mass is 148 g/mol. The molecule has 0 aromatic rings. The Labute approximate surface area is 70.0 Å². The molecule has 0 heteroatoms. The maximum Gasteiger partial charge on any atom is -0.00454 e. The molecule has 0 fully saturated rings. The van der Waals surface area contributed by atoms with E-state index in [0.717, 1.165) is 12.0 Å². The van der Waals surface area contributed by atoms with Crippen molar-refractivity contribution >= 4 is 0 Å². The predicted octanol–water partition coefficient (Wildman–Crippen LogP) is 3.17. The lowest BCUT2D eigenvalue weighted by Crippen LogP contribution is -1.87. The Balaban J connectivity index is 3.80. The van der Waals surface area contributed by atoms with E-state index in [1.807, 2.05) is 19.1 Å². The van der Waals surface area contributed by atoms with E-state index in [9.17, 15) is 0 Å². The molecule has 0 aromatic heterocycles. The van der Waals surface area contributed by atoms with E-state index in [1.54, 1.807) is 0 Å². The van der Waals surface area contributed by atoms with Gasteiger partial charge in [-0.3, -0.25) is 0 Å². The Hall–Kier alpha value is -0.960. The summed E-state index contributed by atoms with van der Waals surface area (Å²) in [5.74, 6) is 6.55. The number of hydrogen-bond acceptors (Lipinski definition) is 0. The summed E-state index contributed by atoms with van der Waals surface area (Å²) in [6.45, 7) is 10.2. The van der Waals surface area contributed by atoms with E-state index < -0.39 is 0 Å². The Morgan fingerprint density at radius 1 is 1.55 bits per heavy atom. The van der Waals surface area contributed by atoms with Gasteiger partial charge in [0.05, 0.1) is 0 Å². The van der Waals surface area contributed by atoms with Gasteiger partial charge in [0.2, 0.25) is 0 Å². The van der Waals surface area contributed by atoms with Crippen molar-refractivity contribution in [2.45, 2.75) is 27.2 Å². The highest BCUT2D eigenvalue weighted by Gasteiger charge is 1.93. The first-order chi connectivity index (χ1) is 5.16. The van der Waals surface area contributed by atoms with Crippen molar-refractivity contribution in [1.82, 2.24) is 0 Å². The molecule has 0 saturated carbocycles. The molecule has 60 valence electrons. The number of allylic oxidation sites excluding steroid dienone is 3. The highest BCUT2D eigenvalue weighted by molar-refractivity contribution is 5.30. The van der Waals surface area contributed by atoms with Crippen molar-refractivity contribution in [2.75, 3.05) is 0 Å². The summed E-state index contributed by atoms with van der Waals surface area (Å²) in [7, 11) is 0. The van der Waals surface area contributed by atoms with Crippen LogP contribution in [-0.2, 0) is 0 Å². The van der Waals surface area contributed by atoms with Crippen molar-refractivity contribution in [2.24, 2.45) is 5.92 Å². The highest BCUT2D eigenvalue weighted by Crippen LogP contribution is 2.06. The zero-order valence-electron chi connectivity index (χ0n) is 7.65. The molecular weight excluding hydrogens is 132 g/mol. The van der Waals surface area contributed by atoms with E-state index in [0.29, 0.717) is 5.92 Å². The lowest BCUT2D eigenvalue weighted by Gasteiger charge is -1.99. The van der Waals surface area contributed by atoms with E-state index in [1.165, 1.54) is 0 Å². The third kappa shape index (κ3) is 6.93. The molecule has 0 amide bonds. The predicted molar refractivity (Wildman–Crippen MR) is 51.2 cm³/mol. The third-order valence-electron chi connectivity index (χ3n) is 1.15. The van der Waals surface area contributed by atoms with Gasteiger partial charge in [-0.15, -0.1) is 0 Å². The molecule has 0 rings (SSSR count). The quantitative estimate of drug-likeness (QED) is 0.528. The van der Waals surface area contributed by atoms with Gasteiger partial charge in [-0.05, 0) is 30.9 Å². The van der Waals surface area contributed by atoms with Gasteiger partial charge in [-0.1, -0.05) is 38.3 Å². The molecule has 0 saturated heterocycles. The summed E-state index contributed by atoms with van der Waals surface area (Å²) >= 11 is 0. The van der Waals surface area contributed by atoms with Gasteiger partial charge in [0.1, 0.15) is 0 Å². The fourth-order valence-corrected chi connectivity index (χ4v) is 0.771. The van der Waals surface area contributed by atoms with Crippen LogP contribution in [0, 0.1) is 17.8 Å². The highest BCUT2D eigenvalue weighted by atomic mass is 14.0. The Kier molecular flexibility index (Phi) is 5.29. The molecular formula is C11H16. The average molecular weight is 148 g/mol. The summed E-state index contributed by atoms with van der Waals surface area (Å²) < 4.78 is 0. The molecule has 0 spiro atoms. The van der Waals surface area contributed by atoms with Crippen LogP contribution in [0.2, 0.25) is 0 Å². The van der Waals surface area contributed by atoms with Gasteiger partial charge in [0, 0.05) is 0 Å². The van der Waals surface area contributed by atoms with Crippen LogP contribution in [0.25, 0.3) is 0 Å². The summed E-state index contributed by atoms with van der Waals surface area (Å²) in [6.07, 6.45) is 4.77. The molecule has 0 aliphatic rings. The van der Waals surface area contributed by atoms with E-state index in [-0.39, 0.29) is 0 Å². The lowest BCUT2D eigenvalue weighted by atomic mass is 10.1. The molecule has 0 nitrogen and oxygen atoms in total. The number of hydrogen-bond donors (Lipinski definition) is 0. The molecule has 0 aliphatic heterocycles. The Morgan fingerprint density at radius 2 is 2.18 bits per heavy atom. The normalized spacial score (nSPS) is 9.82. The zero-order chi connectivity index (χ0) is 8.69. The maximum atomic E-state index is 3.86. The van der Waals surface area contributed by atoms with Gasteiger partial charge in [-0.25, -0.2) is 0 Å². The topological polar surface area (TPSA) is 0 Å². The van der Waals surface area contributed by atoms with Crippen LogP contribution in [-0.4, -0.2) is 0 Å². The fraction of sp³-hybridized carbons (Fsp3) is 0.455. The standard InChI is InChI=1S/C11H16/c1-5-6-7-8-11(4)9-10(2)3/h5-6,10H,4,9H2,1-3H3. The molecule has 0 radical (unpaired) electrons. The Bertz CT molecular complexity index is 196. The third-order valence-corrected chi connectivity index (χ3v) is 1.15. The molecule has 0 heterocycles. The summed E-state index contributed by atoms with van der Waals surface area (Å²) in [5.41, 5.74) is 1.03. The smallest absolute Gasteiger partial charge is 0.00454 e. The minimum Gasteiger partial charge on any atom is -0.0874 e. The largest absolute Gasteiger partial charge is 0.0874 e. The van der Waals surface area contributed by atoms with E-state index in [4.69, 9.17) is 0 Å². The van der Waals surface area contributed by atoms with Crippen molar-refractivity contribution in [1.29, 1.82) is 0 Å². The minimum atomic E-state index is 0.655. The molecule has 11 heavy (non-hydrogen) atoms. The van der Waals surface area contributed by atoms with Gasteiger partial charge in [-0.2, -0.15) is 0 Å². The van der Waals surface area contributed by atoms with Crippen LogP contribution in [0.5, 0.6) is 0 Å². The van der Waals surface area contributed by atoms with Crippen LogP contribution in [0.3, 0.4) is 0 Å². The molecule has 0 N–H and O–H groups in total. The summed E-state index contributed by atoms with van der Waals surface area (Å²) in [4.78, 5) is 0. The first kappa shape index (κ1) is 10.0. The van der Waals surface area contributed by atoms with E-state index in [2.05, 4.69) is 32.3 Å². The molecule has 0 aliphatic carbocycles.